The van der Waals surface area contributed by atoms with Crippen molar-refractivity contribution in [1.82, 2.24) is 4.98 Å². The Kier molecular flexibility index (Phi) is 4.98. The van der Waals surface area contributed by atoms with E-state index in [0.29, 0.717) is 0 Å². The molecule has 1 aromatic heterocycles. The average molecular weight is 313 g/mol. The summed E-state index contributed by atoms with van der Waals surface area (Å²) in [5.41, 5.74) is 0.574. The SMILES string of the molecule is CC(=O)Nc1ccc(/N=N/c2ccccc2O)c(NC(C)=O)n1. The molecule has 0 atom stereocenters. The van der Waals surface area contributed by atoms with Gasteiger partial charge in [0.1, 0.15) is 22.9 Å². The lowest BCUT2D eigenvalue weighted by Crippen LogP contribution is -2.11. The fourth-order valence-electron chi connectivity index (χ4n) is 1.70. The topological polar surface area (TPSA) is 116 Å². The molecule has 0 saturated heterocycles. The zero-order valence-electron chi connectivity index (χ0n) is 12.6. The van der Waals surface area contributed by atoms with Gasteiger partial charge in [-0.25, -0.2) is 4.98 Å². The van der Waals surface area contributed by atoms with Crippen LogP contribution in [0, 0.1) is 0 Å². The number of aromatic hydroxyl groups is 1. The molecule has 0 radical (unpaired) electrons. The third-order valence-electron chi connectivity index (χ3n) is 2.62. The number of hydrogen-bond acceptors (Lipinski definition) is 6. The first-order valence-corrected chi connectivity index (χ1v) is 6.71. The van der Waals surface area contributed by atoms with E-state index in [2.05, 4.69) is 25.8 Å². The van der Waals surface area contributed by atoms with Crippen LogP contribution in [0.2, 0.25) is 0 Å². The van der Waals surface area contributed by atoms with Crippen LogP contribution in [0.1, 0.15) is 13.8 Å². The van der Waals surface area contributed by atoms with Gasteiger partial charge in [-0.2, -0.15) is 0 Å². The summed E-state index contributed by atoms with van der Waals surface area (Å²) in [6.07, 6.45) is 0. The summed E-state index contributed by atoms with van der Waals surface area (Å²) in [6.45, 7) is 2.68. The number of benzene rings is 1. The van der Waals surface area contributed by atoms with E-state index in [1.807, 2.05) is 0 Å². The second kappa shape index (κ2) is 7.12. The van der Waals surface area contributed by atoms with Crippen molar-refractivity contribution in [3.05, 3.63) is 36.4 Å². The number of anilines is 2. The highest BCUT2D eigenvalue weighted by Crippen LogP contribution is 2.30. The van der Waals surface area contributed by atoms with E-state index in [1.165, 1.54) is 26.0 Å². The van der Waals surface area contributed by atoms with Gasteiger partial charge in [0.25, 0.3) is 0 Å². The van der Waals surface area contributed by atoms with E-state index in [1.54, 1.807) is 24.3 Å². The molecule has 0 aliphatic heterocycles. The van der Waals surface area contributed by atoms with E-state index < -0.39 is 0 Å². The van der Waals surface area contributed by atoms with Gasteiger partial charge in [0, 0.05) is 13.8 Å². The van der Waals surface area contributed by atoms with E-state index in [4.69, 9.17) is 0 Å². The number of carbonyl (C=O) groups is 2. The Morgan fingerprint density at radius 3 is 2.26 bits per heavy atom. The van der Waals surface area contributed by atoms with Crippen LogP contribution >= 0.6 is 0 Å². The monoisotopic (exact) mass is 313 g/mol. The van der Waals surface area contributed by atoms with Gasteiger partial charge in [0.05, 0.1) is 0 Å². The standard InChI is InChI=1S/C15H15N5O3/c1-9(21)16-14-8-7-12(15(18-14)17-10(2)22)20-19-11-5-3-4-6-13(11)23/h3-8,23H,1-2H3,(H2,16,17,18,21,22)/b20-19+. The van der Waals surface area contributed by atoms with Crippen LogP contribution in [0.4, 0.5) is 23.0 Å². The van der Waals surface area contributed by atoms with Crippen LogP contribution < -0.4 is 10.6 Å². The molecule has 0 fully saturated rings. The van der Waals surface area contributed by atoms with Crippen molar-refractivity contribution in [2.75, 3.05) is 10.6 Å². The highest BCUT2D eigenvalue weighted by atomic mass is 16.3. The number of azo groups is 1. The summed E-state index contributed by atoms with van der Waals surface area (Å²) in [7, 11) is 0. The van der Waals surface area contributed by atoms with Crippen LogP contribution in [0.5, 0.6) is 5.75 Å². The first kappa shape index (κ1) is 16.1. The maximum Gasteiger partial charge on any atom is 0.222 e. The summed E-state index contributed by atoms with van der Waals surface area (Å²) in [6, 6.07) is 9.54. The van der Waals surface area contributed by atoms with Crippen LogP contribution in [-0.4, -0.2) is 21.9 Å². The Hall–Kier alpha value is -3.29. The molecule has 0 saturated carbocycles. The molecule has 0 unspecified atom stereocenters. The van der Waals surface area contributed by atoms with Crippen molar-refractivity contribution in [2.24, 2.45) is 10.2 Å². The first-order chi connectivity index (χ1) is 11.0. The molecule has 2 aromatic rings. The number of pyridine rings is 1. The molecule has 23 heavy (non-hydrogen) atoms. The highest BCUT2D eigenvalue weighted by Gasteiger charge is 2.08. The van der Waals surface area contributed by atoms with Gasteiger partial charge in [0.2, 0.25) is 11.8 Å². The molecule has 0 aliphatic carbocycles. The number of amides is 2. The van der Waals surface area contributed by atoms with Crippen molar-refractivity contribution in [3.63, 3.8) is 0 Å². The number of nitrogens with zero attached hydrogens (tertiary/aromatic N) is 3. The first-order valence-electron chi connectivity index (χ1n) is 6.71. The van der Waals surface area contributed by atoms with Gasteiger partial charge >= 0.3 is 0 Å². The third-order valence-corrected chi connectivity index (χ3v) is 2.62. The summed E-state index contributed by atoms with van der Waals surface area (Å²) in [4.78, 5) is 26.5. The maximum absolute atomic E-state index is 11.3. The Balaban J connectivity index is 2.34. The molecule has 118 valence electrons. The molecule has 3 N–H and O–H groups in total. The fraction of sp³-hybridized carbons (Fsp3) is 0.133. The number of aromatic nitrogens is 1. The molecule has 8 heteroatoms. The Bertz CT molecular complexity index is 773. The largest absolute Gasteiger partial charge is 0.506 e. The van der Waals surface area contributed by atoms with Crippen molar-refractivity contribution in [2.45, 2.75) is 13.8 Å². The number of hydrogen-bond donors (Lipinski definition) is 3. The van der Waals surface area contributed by atoms with Crippen molar-refractivity contribution in [1.29, 1.82) is 0 Å². The Morgan fingerprint density at radius 1 is 0.957 bits per heavy atom. The van der Waals surface area contributed by atoms with Crippen LogP contribution in [0.3, 0.4) is 0 Å². The molecular formula is C15H15N5O3. The number of phenols is 1. The normalized spacial score (nSPS) is 10.5. The predicted octanol–water partition coefficient (Wildman–Crippen LogP) is 3.12. The quantitative estimate of drug-likeness (QED) is 0.752. The van der Waals surface area contributed by atoms with Crippen LogP contribution in [0.15, 0.2) is 46.6 Å². The van der Waals surface area contributed by atoms with Crippen LogP contribution in [0.25, 0.3) is 0 Å². The number of rotatable bonds is 4. The molecule has 8 nitrogen and oxygen atoms in total. The molecule has 0 aliphatic rings. The molecule has 0 spiro atoms. The van der Waals surface area contributed by atoms with Crippen molar-refractivity contribution >= 4 is 34.8 Å². The Labute approximate surface area is 132 Å². The van der Waals surface area contributed by atoms with Gasteiger partial charge in [-0.15, -0.1) is 10.2 Å². The summed E-state index contributed by atoms with van der Waals surface area (Å²) < 4.78 is 0. The summed E-state index contributed by atoms with van der Waals surface area (Å²) in [5, 5.41) is 22.6. The molecule has 1 heterocycles. The van der Waals surface area contributed by atoms with E-state index >= 15 is 0 Å². The summed E-state index contributed by atoms with van der Waals surface area (Å²) >= 11 is 0. The van der Waals surface area contributed by atoms with Crippen molar-refractivity contribution < 1.29 is 14.7 Å². The van der Waals surface area contributed by atoms with Gasteiger partial charge in [0.15, 0.2) is 5.82 Å². The lowest BCUT2D eigenvalue weighted by Gasteiger charge is -2.07. The minimum absolute atomic E-state index is 0.0137. The summed E-state index contributed by atoms with van der Waals surface area (Å²) in [5.74, 6) is -0.197. The highest BCUT2D eigenvalue weighted by molar-refractivity contribution is 5.92. The minimum Gasteiger partial charge on any atom is -0.506 e. The zero-order chi connectivity index (χ0) is 16.8. The molecular weight excluding hydrogens is 298 g/mol. The van der Waals surface area contributed by atoms with Crippen molar-refractivity contribution in [3.8, 4) is 5.75 Å². The second-order valence-electron chi connectivity index (χ2n) is 4.62. The van der Waals surface area contributed by atoms with E-state index in [-0.39, 0.29) is 40.6 Å². The lowest BCUT2D eigenvalue weighted by molar-refractivity contribution is -0.115. The Morgan fingerprint density at radius 2 is 1.61 bits per heavy atom. The van der Waals surface area contributed by atoms with Crippen LogP contribution in [-0.2, 0) is 9.59 Å². The van der Waals surface area contributed by atoms with Gasteiger partial charge < -0.3 is 15.7 Å². The third kappa shape index (κ3) is 4.60. The van der Waals surface area contributed by atoms with Gasteiger partial charge in [-0.3, -0.25) is 9.59 Å². The predicted molar refractivity (Wildman–Crippen MR) is 85.1 cm³/mol. The average Bonchev–Trinajstić information content (AvgIpc) is 2.47. The van der Waals surface area contributed by atoms with E-state index in [9.17, 15) is 14.7 Å². The lowest BCUT2D eigenvalue weighted by atomic mass is 10.3. The second-order valence-corrected chi connectivity index (χ2v) is 4.62. The molecule has 2 rings (SSSR count). The van der Waals surface area contributed by atoms with Gasteiger partial charge in [-0.1, -0.05) is 12.1 Å². The number of phenolic OH excluding ortho intramolecular Hbond substituents is 1. The fourth-order valence-corrected chi connectivity index (χ4v) is 1.70. The molecule has 0 bridgehead atoms. The molecule has 1 aromatic carbocycles. The number of para-hydroxylation sites is 1. The van der Waals surface area contributed by atoms with Gasteiger partial charge in [-0.05, 0) is 24.3 Å². The van der Waals surface area contributed by atoms with E-state index in [0.717, 1.165) is 0 Å². The smallest absolute Gasteiger partial charge is 0.222 e. The maximum atomic E-state index is 11.3. The minimum atomic E-state index is -0.337. The zero-order valence-corrected chi connectivity index (χ0v) is 12.6. The molecule has 2 amide bonds. The number of carbonyl (C=O) groups excluding carboxylic acids is 2. The number of nitrogens with one attached hydrogen (secondary N) is 2.